The number of ether oxygens (including phenoxy) is 1. The Morgan fingerprint density at radius 3 is 2.61 bits per heavy atom. The molecule has 0 bridgehead atoms. The lowest BCUT2D eigenvalue weighted by Gasteiger charge is -2.12. The summed E-state index contributed by atoms with van der Waals surface area (Å²) >= 11 is 13.3. The van der Waals surface area contributed by atoms with E-state index in [9.17, 15) is 13.5 Å². The van der Waals surface area contributed by atoms with Crippen molar-refractivity contribution in [2.75, 3.05) is 23.3 Å². The van der Waals surface area contributed by atoms with Crippen molar-refractivity contribution in [1.82, 2.24) is 9.97 Å². The predicted molar refractivity (Wildman–Crippen MR) is 113 cm³/mol. The quantitative estimate of drug-likeness (QED) is 0.441. The van der Waals surface area contributed by atoms with Gasteiger partial charge >= 0.3 is 0 Å². The third-order valence-electron chi connectivity index (χ3n) is 3.51. The number of sulfonamides is 1. The molecule has 1 heterocycles. The highest BCUT2D eigenvalue weighted by Gasteiger charge is 2.11. The number of halogens is 2. The molecule has 2 aromatic carbocycles. The normalized spacial score (nSPS) is 12.9. The lowest BCUT2D eigenvalue weighted by atomic mass is 10.3. The van der Waals surface area contributed by atoms with Crippen LogP contribution >= 0.6 is 35.0 Å². The molecule has 0 amide bonds. The number of aliphatic hydroxyl groups is 1. The number of fused-ring (bicyclic) bond motifs is 1. The second-order valence-electron chi connectivity index (χ2n) is 6.00. The molecule has 0 aliphatic carbocycles. The van der Waals surface area contributed by atoms with E-state index in [1.165, 1.54) is 11.8 Å². The van der Waals surface area contributed by atoms with E-state index in [-0.39, 0.29) is 6.61 Å². The zero-order valence-corrected chi connectivity index (χ0v) is 17.8. The van der Waals surface area contributed by atoms with Crippen LogP contribution in [0.15, 0.2) is 41.6 Å². The van der Waals surface area contributed by atoms with Crippen molar-refractivity contribution in [2.24, 2.45) is 0 Å². The van der Waals surface area contributed by atoms with Crippen LogP contribution in [-0.4, -0.2) is 48.2 Å². The van der Waals surface area contributed by atoms with Gasteiger partial charge in [-0.05, 0) is 36.4 Å². The standard InChI is InChI=1S/C17H17Cl2N3O4S2/c1-28(24,25)22-10-2-4-12(5-3-10)26-8-11(23)9-27-17-20-15-6-13(18)14(19)7-16(15)21-17/h2-7,11,22-23H,8-9H2,1H3,(H,20,21). The number of imidazole rings is 1. The van der Waals surface area contributed by atoms with Gasteiger partial charge in [0.25, 0.3) is 0 Å². The van der Waals surface area contributed by atoms with Crippen molar-refractivity contribution in [2.45, 2.75) is 11.3 Å². The summed E-state index contributed by atoms with van der Waals surface area (Å²) in [6.07, 6.45) is 0.357. The van der Waals surface area contributed by atoms with Gasteiger partial charge in [-0.25, -0.2) is 13.4 Å². The second-order valence-corrected chi connectivity index (χ2v) is 9.57. The zero-order valence-electron chi connectivity index (χ0n) is 14.6. The maximum Gasteiger partial charge on any atom is 0.229 e. The second kappa shape index (κ2) is 8.79. The zero-order chi connectivity index (χ0) is 20.3. The van der Waals surface area contributed by atoms with E-state index in [0.717, 1.165) is 11.8 Å². The van der Waals surface area contributed by atoms with Crippen LogP contribution in [0.4, 0.5) is 5.69 Å². The van der Waals surface area contributed by atoms with Crippen LogP contribution < -0.4 is 9.46 Å². The fourth-order valence-corrected chi connectivity index (χ4v) is 3.98. The van der Waals surface area contributed by atoms with Crippen molar-refractivity contribution >= 4 is 61.7 Å². The molecule has 0 spiro atoms. The number of rotatable bonds is 8. The largest absolute Gasteiger partial charge is 0.491 e. The Hall–Kier alpha value is -1.65. The van der Waals surface area contributed by atoms with Crippen LogP contribution in [-0.2, 0) is 10.0 Å². The summed E-state index contributed by atoms with van der Waals surface area (Å²) in [4.78, 5) is 7.52. The summed E-state index contributed by atoms with van der Waals surface area (Å²) in [6.45, 7) is 0.0870. The van der Waals surface area contributed by atoms with Gasteiger partial charge in [0.1, 0.15) is 12.4 Å². The first-order valence-electron chi connectivity index (χ1n) is 8.06. The number of nitrogens with one attached hydrogen (secondary N) is 2. The molecule has 0 saturated carbocycles. The Kier molecular flexibility index (Phi) is 6.61. The highest BCUT2D eigenvalue weighted by atomic mass is 35.5. The lowest BCUT2D eigenvalue weighted by molar-refractivity contribution is 0.126. The fraction of sp³-hybridized carbons (Fsp3) is 0.235. The number of H-pyrrole nitrogens is 1. The average molecular weight is 462 g/mol. The Bertz CT molecular complexity index is 1030. The van der Waals surface area contributed by atoms with Crippen molar-refractivity contribution in [3.05, 3.63) is 46.4 Å². The van der Waals surface area contributed by atoms with Gasteiger partial charge in [0, 0.05) is 11.4 Å². The Morgan fingerprint density at radius 1 is 1.25 bits per heavy atom. The van der Waals surface area contributed by atoms with Gasteiger partial charge in [0.15, 0.2) is 5.16 Å². The number of aromatic amines is 1. The number of aromatic nitrogens is 2. The van der Waals surface area contributed by atoms with E-state index in [0.29, 0.717) is 37.9 Å². The first-order chi connectivity index (χ1) is 13.2. The minimum Gasteiger partial charge on any atom is -0.491 e. The van der Waals surface area contributed by atoms with Crippen molar-refractivity contribution in [3.8, 4) is 5.75 Å². The topological polar surface area (TPSA) is 104 Å². The number of benzene rings is 2. The predicted octanol–water partition coefficient (Wildman–Crippen LogP) is 3.77. The van der Waals surface area contributed by atoms with Crippen molar-refractivity contribution in [1.29, 1.82) is 0 Å². The number of hydrogen-bond donors (Lipinski definition) is 3. The van der Waals surface area contributed by atoms with Gasteiger partial charge < -0.3 is 14.8 Å². The Morgan fingerprint density at radius 2 is 1.93 bits per heavy atom. The monoisotopic (exact) mass is 461 g/mol. The van der Waals surface area contributed by atoms with Crippen LogP contribution in [0.3, 0.4) is 0 Å². The molecule has 7 nitrogen and oxygen atoms in total. The Labute approximate surface area is 176 Å². The molecule has 11 heteroatoms. The maximum atomic E-state index is 11.2. The minimum atomic E-state index is -3.32. The average Bonchev–Trinajstić information content (AvgIpc) is 3.00. The van der Waals surface area contributed by atoms with Crippen LogP contribution in [0.2, 0.25) is 10.0 Å². The highest BCUT2D eigenvalue weighted by molar-refractivity contribution is 7.99. The molecule has 1 aromatic heterocycles. The molecule has 3 rings (SSSR count). The van der Waals surface area contributed by atoms with E-state index in [2.05, 4.69) is 14.7 Å². The summed E-state index contributed by atoms with van der Waals surface area (Å²) in [5.41, 5.74) is 1.91. The van der Waals surface area contributed by atoms with Crippen LogP contribution in [0.1, 0.15) is 0 Å². The van der Waals surface area contributed by atoms with Gasteiger partial charge in [-0.2, -0.15) is 0 Å². The van der Waals surface area contributed by atoms with Crippen LogP contribution in [0.25, 0.3) is 11.0 Å². The summed E-state index contributed by atoms with van der Waals surface area (Å²) in [6, 6.07) is 9.81. The van der Waals surface area contributed by atoms with E-state index >= 15 is 0 Å². The fourth-order valence-electron chi connectivity index (χ4n) is 2.30. The SMILES string of the molecule is CS(=O)(=O)Nc1ccc(OCC(O)CSc2nc3cc(Cl)c(Cl)cc3[nH]2)cc1. The van der Waals surface area contributed by atoms with Gasteiger partial charge in [-0.3, -0.25) is 4.72 Å². The van der Waals surface area contributed by atoms with Gasteiger partial charge in [0.05, 0.1) is 33.4 Å². The number of nitrogens with zero attached hydrogens (tertiary/aromatic N) is 1. The van der Waals surface area contributed by atoms with Gasteiger partial charge in [-0.1, -0.05) is 35.0 Å². The molecule has 0 radical (unpaired) electrons. The number of aliphatic hydroxyl groups excluding tert-OH is 1. The molecule has 3 N–H and O–H groups in total. The summed E-state index contributed by atoms with van der Waals surface area (Å²) in [5.74, 6) is 0.894. The van der Waals surface area contributed by atoms with E-state index in [1.54, 1.807) is 36.4 Å². The minimum absolute atomic E-state index is 0.0870. The summed E-state index contributed by atoms with van der Waals surface area (Å²) in [5, 5.41) is 11.6. The highest BCUT2D eigenvalue weighted by Crippen LogP contribution is 2.28. The van der Waals surface area contributed by atoms with Crippen LogP contribution in [0, 0.1) is 0 Å². The van der Waals surface area contributed by atoms with E-state index in [1.807, 2.05) is 0 Å². The first-order valence-corrected chi connectivity index (χ1v) is 11.7. The smallest absolute Gasteiger partial charge is 0.229 e. The molecule has 0 aliphatic rings. The first kappa shape index (κ1) is 21.1. The molecule has 1 unspecified atom stereocenters. The number of thioether (sulfide) groups is 1. The van der Waals surface area contributed by atoms with Crippen LogP contribution in [0.5, 0.6) is 5.75 Å². The van der Waals surface area contributed by atoms with Crippen molar-refractivity contribution in [3.63, 3.8) is 0 Å². The lowest BCUT2D eigenvalue weighted by Crippen LogP contribution is -2.20. The van der Waals surface area contributed by atoms with Crippen molar-refractivity contribution < 1.29 is 18.3 Å². The number of anilines is 1. The summed E-state index contributed by atoms with van der Waals surface area (Å²) in [7, 11) is -3.32. The molecular weight excluding hydrogens is 445 g/mol. The number of hydrogen-bond acceptors (Lipinski definition) is 6. The van der Waals surface area contributed by atoms with Gasteiger partial charge in [0.2, 0.25) is 10.0 Å². The van der Waals surface area contributed by atoms with E-state index < -0.39 is 16.1 Å². The molecule has 0 saturated heterocycles. The summed E-state index contributed by atoms with van der Waals surface area (Å²) < 4.78 is 30.3. The van der Waals surface area contributed by atoms with Gasteiger partial charge in [-0.15, -0.1) is 0 Å². The molecule has 1 atom stereocenters. The third-order valence-corrected chi connectivity index (χ3v) is 5.86. The molecule has 28 heavy (non-hydrogen) atoms. The molecule has 0 fully saturated rings. The molecule has 150 valence electrons. The third kappa shape index (κ3) is 5.92. The molecule has 0 aliphatic heterocycles. The maximum absolute atomic E-state index is 11.2. The molecular formula is C17H17Cl2N3O4S2. The Balaban J connectivity index is 1.50. The van der Waals surface area contributed by atoms with E-state index in [4.69, 9.17) is 27.9 Å². The molecule has 3 aromatic rings.